The molecule has 0 aliphatic carbocycles. The number of hydrogen-bond donors (Lipinski definition) is 2. The molecule has 1 atom stereocenters. The van der Waals surface area contributed by atoms with Gasteiger partial charge in [0, 0.05) is 0 Å². The minimum atomic E-state index is -1.46. The second kappa shape index (κ2) is 3.09. The standard InChI is InChI=1S/C5H8O4/c1-3(6)4(2)9-5(7)8/h3,6H,2H2,1H3,(H,7,8). The van der Waals surface area contributed by atoms with Crippen LogP contribution in [0.25, 0.3) is 0 Å². The van der Waals surface area contributed by atoms with E-state index in [1.165, 1.54) is 6.92 Å². The summed E-state index contributed by atoms with van der Waals surface area (Å²) in [6, 6.07) is 0. The lowest BCUT2D eigenvalue weighted by Crippen LogP contribution is -2.10. The molecule has 0 aliphatic rings. The van der Waals surface area contributed by atoms with Crippen LogP contribution in [-0.2, 0) is 4.74 Å². The van der Waals surface area contributed by atoms with Gasteiger partial charge in [-0.3, -0.25) is 0 Å². The lowest BCUT2D eigenvalue weighted by atomic mass is 10.4. The van der Waals surface area contributed by atoms with Crippen LogP contribution in [0.5, 0.6) is 0 Å². The van der Waals surface area contributed by atoms with E-state index in [2.05, 4.69) is 11.3 Å². The molecule has 0 fully saturated rings. The molecule has 0 amide bonds. The van der Waals surface area contributed by atoms with Gasteiger partial charge in [0.25, 0.3) is 0 Å². The van der Waals surface area contributed by atoms with Crippen molar-refractivity contribution in [1.82, 2.24) is 0 Å². The van der Waals surface area contributed by atoms with E-state index in [-0.39, 0.29) is 5.76 Å². The van der Waals surface area contributed by atoms with E-state index in [1.807, 2.05) is 0 Å². The Morgan fingerprint density at radius 1 is 1.78 bits per heavy atom. The first-order valence-electron chi connectivity index (χ1n) is 2.31. The zero-order valence-corrected chi connectivity index (χ0v) is 5.00. The molecule has 0 heterocycles. The third kappa shape index (κ3) is 3.54. The maximum absolute atomic E-state index is 9.72. The van der Waals surface area contributed by atoms with Gasteiger partial charge in [-0.25, -0.2) is 4.79 Å². The van der Waals surface area contributed by atoms with E-state index in [9.17, 15) is 4.79 Å². The summed E-state index contributed by atoms with van der Waals surface area (Å²) in [5.74, 6) is -0.164. The highest BCUT2D eigenvalue weighted by atomic mass is 16.7. The van der Waals surface area contributed by atoms with Gasteiger partial charge >= 0.3 is 6.16 Å². The third-order valence-electron chi connectivity index (χ3n) is 0.684. The monoisotopic (exact) mass is 132 g/mol. The highest BCUT2D eigenvalue weighted by Crippen LogP contribution is 1.99. The molecular formula is C5H8O4. The number of hydrogen-bond acceptors (Lipinski definition) is 3. The van der Waals surface area contributed by atoms with E-state index >= 15 is 0 Å². The summed E-state index contributed by atoms with van der Waals surface area (Å²) in [7, 11) is 0. The zero-order valence-electron chi connectivity index (χ0n) is 5.00. The van der Waals surface area contributed by atoms with Crippen LogP contribution >= 0.6 is 0 Å². The van der Waals surface area contributed by atoms with E-state index in [1.54, 1.807) is 0 Å². The molecule has 0 spiro atoms. The highest BCUT2D eigenvalue weighted by molar-refractivity contribution is 5.58. The Labute approximate surface area is 52.4 Å². The predicted octanol–water partition coefficient (Wildman–Crippen LogP) is 0.575. The zero-order chi connectivity index (χ0) is 7.44. The molecule has 0 saturated carbocycles. The third-order valence-corrected chi connectivity index (χ3v) is 0.684. The van der Waals surface area contributed by atoms with Crippen LogP contribution in [-0.4, -0.2) is 22.5 Å². The Kier molecular flexibility index (Phi) is 2.73. The minimum absolute atomic E-state index is 0.164. The van der Waals surface area contributed by atoms with Crippen LogP contribution < -0.4 is 0 Å². The number of aliphatic hydroxyl groups is 1. The van der Waals surface area contributed by atoms with E-state index in [0.717, 1.165) is 0 Å². The average molecular weight is 132 g/mol. The molecule has 0 aliphatic heterocycles. The van der Waals surface area contributed by atoms with Gasteiger partial charge < -0.3 is 14.9 Å². The quantitative estimate of drug-likeness (QED) is 0.426. The number of aliphatic hydroxyl groups excluding tert-OH is 1. The molecule has 2 N–H and O–H groups in total. The van der Waals surface area contributed by atoms with Crippen LogP contribution in [0.2, 0.25) is 0 Å². The summed E-state index contributed by atoms with van der Waals surface area (Å²) in [5.41, 5.74) is 0. The van der Waals surface area contributed by atoms with Crippen molar-refractivity contribution in [1.29, 1.82) is 0 Å². The van der Waals surface area contributed by atoms with Crippen LogP contribution in [0.1, 0.15) is 6.92 Å². The Morgan fingerprint density at radius 2 is 2.22 bits per heavy atom. The number of rotatable bonds is 2. The largest absolute Gasteiger partial charge is 0.511 e. The fourth-order valence-corrected chi connectivity index (χ4v) is 0.197. The second-order valence-corrected chi connectivity index (χ2v) is 1.51. The molecule has 0 aromatic rings. The summed E-state index contributed by atoms with van der Waals surface area (Å²) >= 11 is 0. The van der Waals surface area contributed by atoms with Crippen molar-refractivity contribution < 1.29 is 19.7 Å². The SMILES string of the molecule is C=C(OC(=O)O)C(C)O. The molecule has 4 heteroatoms. The first-order chi connectivity index (χ1) is 4.04. The molecule has 0 aromatic carbocycles. The van der Waals surface area contributed by atoms with Gasteiger partial charge in [-0.15, -0.1) is 0 Å². The van der Waals surface area contributed by atoms with Crippen LogP contribution in [0.4, 0.5) is 4.79 Å². The number of ether oxygens (including phenoxy) is 1. The predicted molar refractivity (Wildman–Crippen MR) is 29.9 cm³/mol. The van der Waals surface area contributed by atoms with Gasteiger partial charge in [0.15, 0.2) is 0 Å². The molecule has 0 saturated heterocycles. The topological polar surface area (TPSA) is 66.8 Å². The van der Waals surface area contributed by atoms with Crippen molar-refractivity contribution in [2.24, 2.45) is 0 Å². The van der Waals surface area contributed by atoms with E-state index in [4.69, 9.17) is 10.2 Å². The molecule has 52 valence electrons. The summed E-state index contributed by atoms with van der Waals surface area (Å²) in [4.78, 5) is 9.72. The molecule has 0 aromatic heterocycles. The van der Waals surface area contributed by atoms with Crippen molar-refractivity contribution in [3.63, 3.8) is 0 Å². The lowest BCUT2D eigenvalue weighted by Gasteiger charge is -2.04. The summed E-state index contributed by atoms with van der Waals surface area (Å²) in [6.07, 6.45) is -2.40. The van der Waals surface area contributed by atoms with Gasteiger partial charge in [-0.2, -0.15) is 0 Å². The fourth-order valence-electron chi connectivity index (χ4n) is 0.197. The molecule has 0 radical (unpaired) electrons. The van der Waals surface area contributed by atoms with Gasteiger partial charge in [0.05, 0.1) is 0 Å². The second-order valence-electron chi connectivity index (χ2n) is 1.51. The van der Waals surface area contributed by atoms with Crippen molar-refractivity contribution >= 4 is 6.16 Å². The fraction of sp³-hybridized carbons (Fsp3) is 0.400. The van der Waals surface area contributed by atoms with Crippen LogP contribution in [0, 0.1) is 0 Å². The van der Waals surface area contributed by atoms with Crippen LogP contribution in [0.3, 0.4) is 0 Å². The van der Waals surface area contributed by atoms with Gasteiger partial charge in [-0.1, -0.05) is 6.58 Å². The maximum atomic E-state index is 9.72. The van der Waals surface area contributed by atoms with Gasteiger partial charge in [0.1, 0.15) is 11.9 Å². The van der Waals surface area contributed by atoms with Crippen LogP contribution in [0.15, 0.2) is 12.3 Å². The summed E-state index contributed by atoms with van der Waals surface area (Å²) in [5, 5.41) is 16.5. The number of carboxylic acid groups (broad SMARTS) is 1. The highest BCUT2D eigenvalue weighted by Gasteiger charge is 2.06. The first kappa shape index (κ1) is 7.97. The molecule has 9 heavy (non-hydrogen) atoms. The lowest BCUT2D eigenvalue weighted by molar-refractivity contribution is 0.0890. The molecular weight excluding hydrogens is 124 g/mol. The Balaban J connectivity index is 3.64. The van der Waals surface area contributed by atoms with Gasteiger partial charge in [-0.05, 0) is 6.92 Å². The molecule has 0 rings (SSSR count). The summed E-state index contributed by atoms with van der Waals surface area (Å²) < 4.78 is 3.98. The van der Waals surface area contributed by atoms with Crippen molar-refractivity contribution in [3.05, 3.63) is 12.3 Å². The molecule has 0 bridgehead atoms. The van der Waals surface area contributed by atoms with E-state index < -0.39 is 12.3 Å². The Hall–Kier alpha value is -1.03. The molecule has 1 unspecified atom stereocenters. The summed E-state index contributed by atoms with van der Waals surface area (Å²) in [6.45, 7) is 4.51. The Morgan fingerprint density at radius 3 is 2.33 bits per heavy atom. The number of carbonyl (C=O) groups is 1. The Bertz CT molecular complexity index is 127. The average Bonchev–Trinajstić information content (AvgIpc) is 1.63. The van der Waals surface area contributed by atoms with Gasteiger partial charge in [0.2, 0.25) is 0 Å². The maximum Gasteiger partial charge on any atom is 0.511 e. The van der Waals surface area contributed by atoms with Crippen molar-refractivity contribution in [3.8, 4) is 0 Å². The smallest absolute Gasteiger partial charge is 0.449 e. The minimum Gasteiger partial charge on any atom is -0.449 e. The van der Waals surface area contributed by atoms with Crippen molar-refractivity contribution in [2.75, 3.05) is 0 Å². The van der Waals surface area contributed by atoms with E-state index in [0.29, 0.717) is 0 Å². The molecule has 4 nitrogen and oxygen atoms in total. The first-order valence-corrected chi connectivity index (χ1v) is 2.31. The van der Waals surface area contributed by atoms with Crippen molar-refractivity contribution in [2.45, 2.75) is 13.0 Å². The normalized spacial score (nSPS) is 12.2.